The Bertz CT molecular complexity index is 369. The maximum absolute atomic E-state index is 13.0. The van der Waals surface area contributed by atoms with Gasteiger partial charge in [-0.1, -0.05) is 12.6 Å². The Morgan fingerprint density at radius 2 is 2.00 bits per heavy atom. The van der Waals surface area contributed by atoms with Gasteiger partial charge >= 0.3 is 0 Å². The van der Waals surface area contributed by atoms with Crippen LogP contribution < -0.4 is 0 Å². The van der Waals surface area contributed by atoms with E-state index in [1.807, 2.05) is 0 Å². The highest BCUT2D eigenvalue weighted by Gasteiger charge is 2.14. The van der Waals surface area contributed by atoms with E-state index in [0.29, 0.717) is 0 Å². The van der Waals surface area contributed by atoms with Crippen molar-refractivity contribution in [3.05, 3.63) is 47.5 Å². The molecule has 0 radical (unpaired) electrons. The van der Waals surface area contributed by atoms with Crippen molar-refractivity contribution in [1.29, 1.82) is 0 Å². The largest absolute Gasteiger partial charge is 0.289 e. The molecule has 0 atom stereocenters. The summed E-state index contributed by atoms with van der Waals surface area (Å²) in [5.74, 6) is -2.71. The molecule has 0 fully saturated rings. The van der Waals surface area contributed by atoms with Gasteiger partial charge in [-0.25, -0.2) is 8.78 Å². The molecule has 3 heteroatoms. The zero-order valence-corrected chi connectivity index (χ0v) is 7.10. The third-order valence-corrected chi connectivity index (χ3v) is 1.58. The molecule has 0 spiro atoms. The average molecular weight is 182 g/mol. The molecule has 1 nitrogen and oxygen atoms in total. The van der Waals surface area contributed by atoms with E-state index in [-0.39, 0.29) is 11.1 Å². The molecular formula is C10H8F2O. The van der Waals surface area contributed by atoms with Crippen molar-refractivity contribution in [2.24, 2.45) is 0 Å². The van der Waals surface area contributed by atoms with Gasteiger partial charge in [-0.3, -0.25) is 4.79 Å². The second-order valence-corrected chi connectivity index (χ2v) is 2.71. The standard InChI is InChI=1S/C10H8F2O/c1-6(2)10(13)7-4-3-5-8(11)9(7)12/h3-5H,1H2,2H3. The van der Waals surface area contributed by atoms with Gasteiger partial charge < -0.3 is 0 Å². The molecule has 1 aromatic rings. The molecule has 0 heterocycles. The predicted molar refractivity (Wildman–Crippen MR) is 45.5 cm³/mol. The van der Waals surface area contributed by atoms with E-state index in [1.165, 1.54) is 19.1 Å². The normalized spacial score (nSPS) is 9.77. The molecule has 0 aliphatic rings. The Morgan fingerprint density at radius 1 is 1.38 bits per heavy atom. The van der Waals surface area contributed by atoms with Gasteiger partial charge in [-0.05, 0) is 24.6 Å². The summed E-state index contributed by atoms with van der Waals surface area (Å²) in [6, 6.07) is 3.48. The summed E-state index contributed by atoms with van der Waals surface area (Å²) in [6.45, 7) is 4.81. The number of allylic oxidation sites excluding steroid dienone is 1. The van der Waals surface area contributed by atoms with Gasteiger partial charge in [0.25, 0.3) is 0 Å². The maximum atomic E-state index is 13.0. The summed E-state index contributed by atoms with van der Waals surface area (Å²) in [5.41, 5.74) is -0.0861. The quantitative estimate of drug-likeness (QED) is 0.507. The third-order valence-electron chi connectivity index (χ3n) is 1.58. The van der Waals surface area contributed by atoms with E-state index in [0.717, 1.165) is 6.07 Å². The number of hydrogen-bond donors (Lipinski definition) is 0. The lowest BCUT2D eigenvalue weighted by Gasteiger charge is -2.01. The molecule has 0 saturated heterocycles. The van der Waals surface area contributed by atoms with Crippen LogP contribution in [0, 0.1) is 11.6 Å². The summed E-state index contributed by atoms with van der Waals surface area (Å²) < 4.78 is 25.6. The van der Waals surface area contributed by atoms with Crippen LogP contribution in [-0.4, -0.2) is 5.78 Å². The minimum absolute atomic E-state index is 0.185. The maximum Gasteiger partial charge on any atom is 0.191 e. The van der Waals surface area contributed by atoms with Crippen LogP contribution >= 0.6 is 0 Å². The van der Waals surface area contributed by atoms with Crippen LogP contribution in [0.25, 0.3) is 0 Å². The van der Waals surface area contributed by atoms with E-state index >= 15 is 0 Å². The van der Waals surface area contributed by atoms with Gasteiger partial charge in [0.2, 0.25) is 0 Å². The zero-order chi connectivity index (χ0) is 10.0. The first-order valence-corrected chi connectivity index (χ1v) is 3.68. The fraction of sp³-hybridized carbons (Fsp3) is 0.100. The van der Waals surface area contributed by atoms with Gasteiger partial charge in [0, 0.05) is 0 Å². The predicted octanol–water partition coefficient (Wildman–Crippen LogP) is 2.72. The molecule has 13 heavy (non-hydrogen) atoms. The van der Waals surface area contributed by atoms with E-state index in [2.05, 4.69) is 6.58 Å². The van der Waals surface area contributed by atoms with Gasteiger partial charge in [-0.2, -0.15) is 0 Å². The molecule has 0 N–H and O–H groups in total. The van der Waals surface area contributed by atoms with Crippen molar-refractivity contribution in [3.8, 4) is 0 Å². The fourth-order valence-electron chi connectivity index (χ4n) is 0.909. The number of carbonyl (C=O) groups is 1. The van der Waals surface area contributed by atoms with E-state index in [4.69, 9.17) is 0 Å². The van der Waals surface area contributed by atoms with Crippen molar-refractivity contribution < 1.29 is 13.6 Å². The van der Waals surface area contributed by atoms with E-state index < -0.39 is 17.4 Å². The lowest BCUT2D eigenvalue weighted by atomic mass is 10.1. The smallest absolute Gasteiger partial charge is 0.191 e. The van der Waals surface area contributed by atoms with Crippen LogP contribution in [0.3, 0.4) is 0 Å². The van der Waals surface area contributed by atoms with E-state index in [1.54, 1.807) is 0 Å². The third kappa shape index (κ3) is 1.80. The molecule has 0 aromatic heterocycles. The fourth-order valence-corrected chi connectivity index (χ4v) is 0.909. The highest BCUT2D eigenvalue weighted by Crippen LogP contribution is 2.14. The van der Waals surface area contributed by atoms with Crippen LogP contribution in [0.2, 0.25) is 0 Å². The van der Waals surface area contributed by atoms with Crippen LogP contribution in [0.1, 0.15) is 17.3 Å². The van der Waals surface area contributed by atoms with Gasteiger partial charge in [0.1, 0.15) is 0 Å². The molecular weight excluding hydrogens is 174 g/mol. The van der Waals surface area contributed by atoms with Crippen LogP contribution in [0.15, 0.2) is 30.4 Å². The molecule has 0 bridgehead atoms. The van der Waals surface area contributed by atoms with E-state index in [9.17, 15) is 13.6 Å². The topological polar surface area (TPSA) is 17.1 Å². The SMILES string of the molecule is C=C(C)C(=O)c1cccc(F)c1F. The molecule has 0 amide bonds. The molecule has 1 rings (SSSR count). The minimum atomic E-state index is -1.12. The lowest BCUT2D eigenvalue weighted by Crippen LogP contribution is -2.04. The highest BCUT2D eigenvalue weighted by molar-refractivity contribution is 6.08. The zero-order valence-electron chi connectivity index (χ0n) is 7.10. The Morgan fingerprint density at radius 3 is 2.54 bits per heavy atom. The van der Waals surface area contributed by atoms with Gasteiger partial charge in [0.05, 0.1) is 5.56 Å². The second kappa shape index (κ2) is 3.47. The molecule has 1 aromatic carbocycles. The number of hydrogen-bond acceptors (Lipinski definition) is 1. The Balaban J connectivity index is 3.23. The van der Waals surface area contributed by atoms with Gasteiger partial charge in [0.15, 0.2) is 17.4 Å². The number of Topliss-reactive ketones (excluding diaryl/α,β-unsaturated/α-hetero) is 1. The monoisotopic (exact) mass is 182 g/mol. The first-order valence-electron chi connectivity index (χ1n) is 3.68. The van der Waals surface area contributed by atoms with Crippen molar-refractivity contribution in [2.75, 3.05) is 0 Å². The molecule has 0 aliphatic carbocycles. The summed E-state index contributed by atoms with van der Waals surface area (Å²) in [6.07, 6.45) is 0. The number of ketones is 1. The first-order chi connectivity index (χ1) is 6.04. The average Bonchev–Trinajstić information content (AvgIpc) is 2.08. The van der Waals surface area contributed by atoms with Crippen molar-refractivity contribution in [1.82, 2.24) is 0 Å². The number of benzene rings is 1. The van der Waals surface area contributed by atoms with Crippen molar-refractivity contribution >= 4 is 5.78 Å². The Kier molecular flexibility index (Phi) is 2.56. The minimum Gasteiger partial charge on any atom is -0.289 e. The van der Waals surface area contributed by atoms with Gasteiger partial charge in [-0.15, -0.1) is 0 Å². The Hall–Kier alpha value is -1.51. The Labute approximate surface area is 74.7 Å². The molecule has 68 valence electrons. The summed E-state index contributed by atoms with van der Waals surface area (Å²) in [4.78, 5) is 11.2. The molecule has 0 saturated carbocycles. The number of rotatable bonds is 2. The number of halogens is 2. The molecule has 0 aliphatic heterocycles. The lowest BCUT2D eigenvalue weighted by molar-refractivity contribution is 0.103. The van der Waals surface area contributed by atoms with Crippen molar-refractivity contribution in [2.45, 2.75) is 6.92 Å². The van der Waals surface area contributed by atoms with Crippen LogP contribution in [-0.2, 0) is 0 Å². The van der Waals surface area contributed by atoms with Crippen molar-refractivity contribution in [3.63, 3.8) is 0 Å². The number of carbonyl (C=O) groups excluding carboxylic acids is 1. The summed E-state index contributed by atoms with van der Waals surface area (Å²) >= 11 is 0. The second-order valence-electron chi connectivity index (χ2n) is 2.71. The van der Waals surface area contributed by atoms with Crippen LogP contribution in [0.4, 0.5) is 8.78 Å². The van der Waals surface area contributed by atoms with Crippen LogP contribution in [0.5, 0.6) is 0 Å². The summed E-state index contributed by atoms with van der Waals surface area (Å²) in [5, 5.41) is 0. The highest BCUT2D eigenvalue weighted by atomic mass is 19.2. The first kappa shape index (κ1) is 9.58. The molecule has 0 unspecified atom stereocenters. The summed E-state index contributed by atoms with van der Waals surface area (Å²) in [7, 11) is 0.